The van der Waals surface area contributed by atoms with Crippen LogP contribution in [0.5, 0.6) is 0 Å². The van der Waals surface area contributed by atoms with Crippen LogP contribution in [0.15, 0.2) is 20.2 Å². The van der Waals surface area contributed by atoms with Crippen molar-refractivity contribution in [2.24, 2.45) is 0 Å². The number of pyridine rings is 1. The van der Waals surface area contributed by atoms with Gasteiger partial charge in [0.25, 0.3) is 15.5 Å². The largest absolute Gasteiger partial charge is 0.278 e. The summed E-state index contributed by atoms with van der Waals surface area (Å²) in [6, 6.07) is 0.925. The van der Waals surface area contributed by atoms with Gasteiger partial charge in [0.2, 0.25) is 0 Å². The molecule has 0 atom stereocenters. The zero-order valence-electron chi connectivity index (χ0n) is 6.72. The van der Waals surface area contributed by atoms with Crippen molar-refractivity contribution in [2.75, 3.05) is 0 Å². The molecular weight excluding hydrogens is 383 g/mol. The van der Waals surface area contributed by atoms with Crippen LogP contribution >= 0.6 is 42.5 Å². The highest BCUT2D eigenvalue weighted by atomic mass is 79.9. The number of rotatable bonds is 2. The van der Waals surface area contributed by atoms with Crippen LogP contribution in [0.3, 0.4) is 0 Å². The number of aromatic nitrogens is 1. The summed E-state index contributed by atoms with van der Waals surface area (Å²) in [5.41, 5.74) is -0.418. The smallest absolute Gasteiger partial charge is 0.227 e. The maximum Gasteiger partial charge on any atom is 0.278 e. The lowest BCUT2D eigenvalue weighted by Crippen LogP contribution is -2.00. The number of nitrogens with zero attached hydrogens (tertiary/aromatic N) is 1. The Bertz CT molecular complexity index is 471. The first kappa shape index (κ1) is 13.3. The summed E-state index contributed by atoms with van der Waals surface area (Å²) < 4.78 is 46.3. The van der Waals surface area contributed by atoms with Crippen molar-refractivity contribution in [2.45, 2.75) is 11.5 Å². The van der Waals surface area contributed by atoms with Crippen molar-refractivity contribution in [1.29, 1.82) is 0 Å². The van der Waals surface area contributed by atoms with E-state index in [-0.39, 0.29) is 9.08 Å². The van der Waals surface area contributed by atoms with Crippen molar-refractivity contribution in [1.82, 2.24) is 4.98 Å². The Morgan fingerprint density at radius 1 is 1.40 bits per heavy atom. The Labute approximate surface area is 106 Å². The summed E-state index contributed by atoms with van der Waals surface area (Å²) in [6.45, 7) is 0. The molecule has 0 spiro atoms. The standard InChI is InChI=1S/C6H2Br2ClF2NO2S/c7-2-1-3(15(9,13)14)12-5(8)4(2)6(10)11/h1,6H. The molecular formula is C6H2Br2ClF2NO2S. The van der Waals surface area contributed by atoms with Crippen molar-refractivity contribution in [3.8, 4) is 0 Å². The van der Waals surface area contributed by atoms with E-state index in [1.165, 1.54) is 0 Å². The van der Waals surface area contributed by atoms with Crippen LogP contribution < -0.4 is 0 Å². The second kappa shape index (κ2) is 4.60. The molecule has 1 heterocycles. The summed E-state index contributed by atoms with van der Waals surface area (Å²) in [5.74, 6) is 0. The molecule has 0 aliphatic carbocycles. The molecule has 0 bridgehead atoms. The molecule has 1 aromatic heterocycles. The van der Waals surface area contributed by atoms with E-state index in [0.717, 1.165) is 6.07 Å². The second-order valence-electron chi connectivity index (χ2n) is 2.39. The van der Waals surface area contributed by atoms with E-state index in [2.05, 4.69) is 36.8 Å². The molecule has 0 saturated heterocycles. The van der Waals surface area contributed by atoms with Gasteiger partial charge in [0.05, 0.1) is 5.56 Å². The van der Waals surface area contributed by atoms with Gasteiger partial charge in [-0.3, -0.25) is 0 Å². The normalized spacial score (nSPS) is 12.1. The van der Waals surface area contributed by atoms with Gasteiger partial charge in [-0.05, 0) is 22.0 Å². The topological polar surface area (TPSA) is 47.0 Å². The summed E-state index contributed by atoms with van der Waals surface area (Å²) in [5, 5.41) is -0.493. The first-order valence-electron chi connectivity index (χ1n) is 3.32. The van der Waals surface area contributed by atoms with Crippen LogP contribution in [0.4, 0.5) is 8.78 Å². The van der Waals surface area contributed by atoms with Crippen molar-refractivity contribution >= 4 is 51.6 Å². The highest BCUT2D eigenvalue weighted by molar-refractivity contribution is 9.11. The fourth-order valence-electron chi connectivity index (χ4n) is 0.793. The highest BCUT2D eigenvalue weighted by Gasteiger charge is 2.22. The van der Waals surface area contributed by atoms with Crippen LogP contribution in [-0.4, -0.2) is 13.4 Å². The summed E-state index contributed by atoms with van der Waals surface area (Å²) >= 11 is 5.56. The van der Waals surface area contributed by atoms with E-state index >= 15 is 0 Å². The predicted octanol–water partition coefficient (Wildman–Crippen LogP) is 3.47. The molecule has 0 amide bonds. The molecule has 0 radical (unpaired) electrons. The Morgan fingerprint density at radius 2 is 1.93 bits per heavy atom. The highest BCUT2D eigenvalue weighted by Crippen LogP contribution is 2.34. The molecule has 3 nitrogen and oxygen atoms in total. The SMILES string of the molecule is O=S(=O)(Cl)c1cc(Br)c(C(F)F)c(Br)n1. The molecule has 9 heteroatoms. The third-order valence-corrected chi connectivity index (χ3v) is 3.85. The number of hydrogen-bond donors (Lipinski definition) is 0. The molecule has 0 fully saturated rings. The Morgan fingerprint density at radius 3 is 2.27 bits per heavy atom. The Hall–Kier alpha value is 0.210. The van der Waals surface area contributed by atoms with Crippen LogP contribution in [0.1, 0.15) is 12.0 Å². The Kier molecular flexibility index (Phi) is 4.07. The van der Waals surface area contributed by atoms with E-state index in [1.54, 1.807) is 0 Å². The third-order valence-electron chi connectivity index (χ3n) is 1.41. The average molecular weight is 385 g/mol. The summed E-state index contributed by atoms with van der Waals surface area (Å²) in [6.07, 6.45) is -2.77. The Balaban J connectivity index is 3.45. The van der Waals surface area contributed by atoms with E-state index < -0.39 is 26.1 Å². The van der Waals surface area contributed by atoms with E-state index in [0.29, 0.717) is 0 Å². The summed E-state index contributed by atoms with van der Waals surface area (Å²) in [4.78, 5) is 3.41. The zero-order chi connectivity index (χ0) is 11.8. The van der Waals surface area contributed by atoms with Gasteiger partial charge in [-0.25, -0.2) is 22.2 Å². The molecule has 1 aromatic rings. The van der Waals surface area contributed by atoms with Gasteiger partial charge >= 0.3 is 0 Å². The lowest BCUT2D eigenvalue weighted by Gasteiger charge is -2.06. The van der Waals surface area contributed by atoms with E-state index in [1.807, 2.05) is 0 Å². The molecule has 0 aliphatic rings. The molecule has 0 saturated carbocycles. The second-order valence-corrected chi connectivity index (χ2v) is 6.50. The van der Waals surface area contributed by atoms with Crippen LogP contribution in [-0.2, 0) is 9.05 Å². The first-order valence-corrected chi connectivity index (χ1v) is 7.21. The minimum Gasteiger partial charge on any atom is -0.227 e. The van der Waals surface area contributed by atoms with Crippen molar-refractivity contribution < 1.29 is 17.2 Å². The maximum atomic E-state index is 12.4. The third kappa shape index (κ3) is 3.08. The summed E-state index contributed by atoms with van der Waals surface area (Å²) in [7, 11) is 0.981. The molecule has 0 aliphatic heterocycles. The molecule has 1 rings (SSSR count). The van der Waals surface area contributed by atoms with Crippen LogP contribution in [0, 0.1) is 0 Å². The minimum absolute atomic E-state index is 0.0707. The van der Waals surface area contributed by atoms with Gasteiger partial charge < -0.3 is 0 Å². The zero-order valence-corrected chi connectivity index (χ0v) is 11.5. The first-order chi connectivity index (χ1) is 6.73. The molecule has 0 unspecified atom stereocenters. The molecule has 84 valence electrons. The fourth-order valence-corrected chi connectivity index (χ4v) is 3.18. The number of alkyl halides is 2. The van der Waals surface area contributed by atoms with Gasteiger partial charge in [0.15, 0.2) is 5.03 Å². The maximum absolute atomic E-state index is 12.4. The predicted molar refractivity (Wildman–Crippen MR) is 57.6 cm³/mol. The van der Waals surface area contributed by atoms with Gasteiger partial charge in [0, 0.05) is 15.2 Å². The van der Waals surface area contributed by atoms with Gasteiger partial charge in [-0.15, -0.1) is 0 Å². The van der Waals surface area contributed by atoms with Gasteiger partial charge in [-0.2, -0.15) is 0 Å². The quantitative estimate of drug-likeness (QED) is 0.579. The van der Waals surface area contributed by atoms with Crippen molar-refractivity contribution in [3.05, 3.63) is 20.7 Å². The molecule has 15 heavy (non-hydrogen) atoms. The van der Waals surface area contributed by atoms with E-state index in [4.69, 9.17) is 10.7 Å². The minimum atomic E-state index is -4.03. The van der Waals surface area contributed by atoms with Crippen molar-refractivity contribution in [3.63, 3.8) is 0 Å². The van der Waals surface area contributed by atoms with Gasteiger partial charge in [-0.1, -0.05) is 15.9 Å². The fraction of sp³-hybridized carbons (Fsp3) is 0.167. The van der Waals surface area contributed by atoms with Gasteiger partial charge in [0.1, 0.15) is 4.60 Å². The lowest BCUT2D eigenvalue weighted by atomic mass is 10.3. The monoisotopic (exact) mass is 383 g/mol. The van der Waals surface area contributed by atoms with Crippen LogP contribution in [0.25, 0.3) is 0 Å². The molecule has 0 N–H and O–H groups in total. The lowest BCUT2D eigenvalue weighted by molar-refractivity contribution is 0.149. The number of halogens is 5. The molecule has 0 aromatic carbocycles. The van der Waals surface area contributed by atoms with E-state index in [9.17, 15) is 17.2 Å². The average Bonchev–Trinajstić information content (AvgIpc) is 1.99. The number of hydrogen-bond acceptors (Lipinski definition) is 3. The van der Waals surface area contributed by atoms with Crippen LogP contribution in [0.2, 0.25) is 0 Å².